The van der Waals surface area contributed by atoms with Crippen LogP contribution < -0.4 is 0 Å². The van der Waals surface area contributed by atoms with Crippen LogP contribution in [0.1, 0.15) is 101 Å². The van der Waals surface area contributed by atoms with Crippen LogP contribution >= 0.6 is 0 Å². The zero-order valence-corrected chi connectivity index (χ0v) is 44.2. The van der Waals surface area contributed by atoms with E-state index in [1.165, 1.54) is 14.0 Å². The van der Waals surface area contributed by atoms with Crippen molar-refractivity contribution < 1.29 is 87.2 Å². The number of rotatable bonds is 22. The van der Waals surface area contributed by atoms with Crippen molar-refractivity contribution in [3.05, 3.63) is 0 Å². The van der Waals surface area contributed by atoms with Gasteiger partial charge in [0, 0.05) is 32.0 Å². The summed E-state index contributed by atoms with van der Waals surface area (Å²) >= 11 is 0. The molecule has 3 aliphatic heterocycles. The average Bonchev–Trinajstić information content (AvgIpc) is 3.28. The Bertz CT molecular complexity index is 1490. The maximum Gasteiger partial charge on any atom is 0.311 e. The number of methoxy groups -OCH3 is 1. The zero-order chi connectivity index (χ0) is 51.9. The van der Waals surface area contributed by atoms with Gasteiger partial charge >= 0.3 is 11.9 Å². The van der Waals surface area contributed by atoms with Gasteiger partial charge in [-0.15, -0.1) is 0 Å². The van der Waals surface area contributed by atoms with E-state index in [9.17, 15) is 30.0 Å². The zero-order valence-electron chi connectivity index (χ0n) is 44.2. The Morgan fingerprint density at radius 1 is 0.826 bits per heavy atom. The molecule has 18 atom stereocenters. The van der Waals surface area contributed by atoms with Crippen molar-refractivity contribution in [1.29, 1.82) is 0 Å². The Balaban J connectivity index is 1.99. The molecule has 0 aromatic heterocycles. The summed E-state index contributed by atoms with van der Waals surface area (Å²) in [7, 11) is 7.09. The van der Waals surface area contributed by atoms with Crippen LogP contribution in [0, 0.1) is 17.8 Å². The molecule has 3 saturated heterocycles. The molecule has 20 nitrogen and oxygen atoms in total. The molecule has 406 valence electrons. The van der Waals surface area contributed by atoms with Crippen molar-refractivity contribution in [2.75, 3.05) is 94.3 Å². The minimum absolute atomic E-state index is 0.0388. The van der Waals surface area contributed by atoms with E-state index in [0.717, 1.165) is 0 Å². The normalized spacial score (nSPS) is 40.2. The van der Waals surface area contributed by atoms with Crippen LogP contribution in [0.5, 0.6) is 0 Å². The molecule has 0 unspecified atom stereocenters. The molecule has 3 rings (SSSR count). The summed E-state index contributed by atoms with van der Waals surface area (Å²) in [4.78, 5) is 32.0. The lowest BCUT2D eigenvalue weighted by Crippen LogP contribution is -2.61. The molecular formula is C49H92N2O18. The van der Waals surface area contributed by atoms with E-state index >= 15 is 0 Å². The second-order valence-electron chi connectivity index (χ2n) is 20.6. The van der Waals surface area contributed by atoms with Crippen molar-refractivity contribution in [2.45, 2.75) is 192 Å². The molecule has 0 saturated carbocycles. The van der Waals surface area contributed by atoms with Crippen molar-refractivity contribution in [2.24, 2.45) is 17.8 Å². The number of nitrogens with zero attached hydrogens (tertiary/aromatic N) is 2. The average molecular weight is 997 g/mol. The summed E-state index contributed by atoms with van der Waals surface area (Å²) < 4.78 is 66.6. The summed E-state index contributed by atoms with van der Waals surface area (Å²) in [5, 5.41) is 56.3. The van der Waals surface area contributed by atoms with Gasteiger partial charge in [0.15, 0.2) is 18.7 Å². The second-order valence-corrected chi connectivity index (χ2v) is 20.6. The number of hydrogen-bond donors (Lipinski definition) is 5. The van der Waals surface area contributed by atoms with Crippen LogP contribution in [0.25, 0.3) is 0 Å². The van der Waals surface area contributed by atoms with Gasteiger partial charge in [-0.25, -0.2) is 0 Å². The fourth-order valence-electron chi connectivity index (χ4n) is 10.0. The van der Waals surface area contributed by atoms with E-state index < -0.39 is 102 Å². The van der Waals surface area contributed by atoms with E-state index in [2.05, 4.69) is 0 Å². The third-order valence-electron chi connectivity index (χ3n) is 14.3. The highest BCUT2D eigenvalue weighted by atomic mass is 16.7. The van der Waals surface area contributed by atoms with Gasteiger partial charge < -0.3 is 87.4 Å². The largest absolute Gasteiger partial charge is 0.459 e. The Morgan fingerprint density at radius 2 is 1.41 bits per heavy atom. The lowest BCUT2D eigenvalue weighted by molar-refractivity contribution is -0.319. The number of aliphatic hydroxyl groups is 5. The Labute approximate surface area is 411 Å². The molecule has 20 heteroatoms. The van der Waals surface area contributed by atoms with Crippen LogP contribution in [0.3, 0.4) is 0 Å². The van der Waals surface area contributed by atoms with Gasteiger partial charge in [-0.2, -0.15) is 0 Å². The molecule has 5 N–H and O–H groups in total. The fraction of sp³-hybridized carbons (Fsp3) is 0.959. The predicted molar refractivity (Wildman–Crippen MR) is 253 cm³/mol. The molecular weight excluding hydrogens is 905 g/mol. The highest BCUT2D eigenvalue weighted by Gasteiger charge is 2.53. The molecule has 3 fully saturated rings. The standard InChI is InChI=1S/C49H92N2O18/c1-15-37-49(10,58)42(54)34(6)51(13)29-30(2)27-47(8,57)44(32(4)40(33(5)45(56)66-37)68-39-28-48(9,59-14)43(55)35(7)65-39)69-46-41(36(50(11)12)26-31(3)64-46)67-38(53)16-18-60-20-22-62-24-25-63-23-21-61-19-17-52/h30-37,39-44,46,52,54-55,57-58H,15-29H2,1-14H3/t30-,31-,32+,33-,34-,35+,36+,37-,39+,40+,41-,42-,43+,44-,46+,47-,48-,49-/m1/s1. The SMILES string of the molecule is CC[C@H]1OC(=O)[C@H](C)[C@@H](O[C@H]2C[C@@](C)(OC)[C@@H](O)[C@H](C)O2)[C@H](C)[C@@H](O[C@@H]2O[C@H](C)C[C@H](N(C)C)[C@H]2OC(=O)CCOCCOCCOCCOCCO)[C@](C)(O)C[C@@H](C)CN(C)[C@H](C)[C@@H](O)[C@]1(C)O. The Hall–Kier alpha value is -1.70. The van der Waals surface area contributed by atoms with Gasteiger partial charge in [0.25, 0.3) is 0 Å². The molecule has 0 radical (unpaired) electrons. The third-order valence-corrected chi connectivity index (χ3v) is 14.3. The van der Waals surface area contributed by atoms with E-state index in [0.29, 0.717) is 46.0 Å². The maximum absolute atomic E-state index is 14.5. The Morgan fingerprint density at radius 3 is 1.96 bits per heavy atom. The van der Waals surface area contributed by atoms with Gasteiger partial charge in [0.1, 0.15) is 23.9 Å². The lowest BCUT2D eigenvalue weighted by atomic mass is 9.77. The number of hydrogen-bond acceptors (Lipinski definition) is 20. The van der Waals surface area contributed by atoms with E-state index in [-0.39, 0.29) is 70.2 Å². The number of aliphatic hydroxyl groups excluding tert-OH is 3. The smallest absolute Gasteiger partial charge is 0.311 e. The van der Waals surface area contributed by atoms with Gasteiger partial charge in [0.2, 0.25) is 0 Å². The van der Waals surface area contributed by atoms with Crippen LogP contribution in [-0.4, -0.2) is 232 Å². The van der Waals surface area contributed by atoms with Gasteiger partial charge in [-0.3, -0.25) is 9.59 Å². The highest BCUT2D eigenvalue weighted by molar-refractivity contribution is 5.73. The summed E-state index contributed by atoms with van der Waals surface area (Å²) in [5.41, 5.74) is -4.59. The molecule has 3 heterocycles. The monoisotopic (exact) mass is 997 g/mol. The number of cyclic esters (lactones) is 1. The quantitative estimate of drug-likeness (QED) is 0.0769. The first-order valence-electron chi connectivity index (χ1n) is 25.0. The number of carbonyl (C=O) groups excluding carboxylic acids is 2. The first kappa shape index (κ1) is 61.6. The minimum atomic E-state index is -1.85. The lowest BCUT2D eigenvalue weighted by Gasteiger charge is -2.49. The van der Waals surface area contributed by atoms with Gasteiger partial charge in [-0.05, 0) is 94.8 Å². The summed E-state index contributed by atoms with van der Waals surface area (Å²) in [6.45, 7) is 20.2. The molecule has 0 amide bonds. The van der Waals surface area contributed by atoms with E-state index in [1.807, 2.05) is 44.8 Å². The molecule has 0 aromatic rings. The summed E-state index contributed by atoms with van der Waals surface area (Å²) in [6.07, 6.45) is -9.06. The van der Waals surface area contributed by atoms with Crippen LogP contribution in [-0.2, 0) is 61.7 Å². The summed E-state index contributed by atoms with van der Waals surface area (Å²) in [6, 6.07) is -0.950. The third kappa shape index (κ3) is 17.7. The van der Waals surface area contributed by atoms with E-state index in [4.69, 9.17) is 57.2 Å². The van der Waals surface area contributed by atoms with Crippen molar-refractivity contribution in [3.8, 4) is 0 Å². The van der Waals surface area contributed by atoms with Crippen molar-refractivity contribution >= 4 is 11.9 Å². The van der Waals surface area contributed by atoms with Gasteiger partial charge in [0.05, 0.1) is 113 Å². The molecule has 0 spiro atoms. The highest BCUT2D eigenvalue weighted by Crippen LogP contribution is 2.40. The molecule has 0 aliphatic carbocycles. The van der Waals surface area contributed by atoms with Crippen LogP contribution in [0.4, 0.5) is 0 Å². The molecule has 0 aromatic carbocycles. The second kappa shape index (κ2) is 28.7. The van der Waals surface area contributed by atoms with Crippen molar-refractivity contribution in [1.82, 2.24) is 9.80 Å². The number of ether oxygens (including phenoxy) is 11. The maximum atomic E-state index is 14.5. The minimum Gasteiger partial charge on any atom is -0.459 e. The number of carbonyl (C=O) groups is 2. The van der Waals surface area contributed by atoms with E-state index in [1.54, 1.807) is 48.5 Å². The first-order chi connectivity index (χ1) is 32.3. The Kier molecular flexibility index (Phi) is 25.6. The van der Waals surface area contributed by atoms with Crippen molar-refractivity contribution in [3.63, 3.8) is 0 Å². The van der Waals surface area contributed by atoms with Crippen LogP contribution in [0.15, 0.2) is 0 Å². The molecule has 0 bridgehead atoms. The van der Waals surface area contributed by atoms with Gasteiger partial charge in [-0.1, -0.05) is 20.8 Å². The molecule has 69 heavy (non-hydrogen) atoms. The topological polar surface area (TPSA) is 243 Å². The first-order valence-corrected chi connectivity index (χ1v) is 25.0. The van der Waals surface area contributed by atoms with Crippen LogP contribution in [0.2, 0.25) is 0 Å². The molecule has 3 aliphatic rings. The fourth-order valence-corrected chi connectivity index (χ4v) is 10.0. The summed E-state index contributed by atoms with van der Waals surface area (Å²) in [5.74, 6) is -3.41. The number of esters is 2. The number of likely N-dealkylation sites (N-methyl/N-ethyl adjacent to an activating group) is 2. The predicted octanol–water partition coefficient (Wildman–Crippen LogP) is 1.90.